The summed E-state index contributed by atoms with van der Waals surface area (Å²) in [4.78, 5) is 14.9. The standard InChI is InChI=1S/C22H19NO2S/c24-21(23-15-16-26-22(23)18-7-3-1-4-8-18)17-11-13-20(14-12-17)25-19-9-5-2-6-10-19/h1-14,22H,15-16H2. The van der Waals surface area contributed by atoms with Crippen LogP contribution in [-0.2, 0) is 0 Å². The second kappa shape index (κ2) is 7.67. The third kappa shape index (κ3) is 3.60. The van der Waals surface area contributed by atoms with E-state index in [0.717, 1.165) is 23.8 Å². The molecule has 3 aromatic rings. The average molecular weight is 361 g/mol. The van der Waals surface area contributed by atoms with E-state index in [9.17, 15) is 4.79 Å². The summed E-state index contributed by atoms with van der Waals surface area (Å²) in [5.41, 5.74) is 1.86. The summed E-state index contributed by atoms with van der Waals surface area (Å²) in [5, 5.41) is 0.0870. The van der Waals surface area contributed by atoms with E-state index >= 15 is 0 Å². The van der Waals surface area contributed by atoms with Crippen molar-refractivity contribution in [1.29, 1.82) is 0 Å². The van der Waals surface area contributed by atoms with Crippen molar-refractivity contribution in [1.82, 2.24) is 4.90 Å². The van der Waals surface area contributed by atoms with Gasteiger partial charge in [-0.05, 0) is 42.0 Å². The van der Waals surface area contributed by atoms with E-state index in [1.54, 1.807) is 0 Å². The van der Waals surface area contributed by atoms with Gasteiger partial charge in [0.15, 0.2) is 0 Å². The quantitative estimate of drug-likeness (QED) is 0.626. The number of benzene rings is 3. The summed E-state index contributed by atoms with van der Waals surface area (Å²) in [6.45, 7) is 0.769. The number of rotatable bonds is 4. The summed E-state index contributed by atoms with van der Waals surface area (Å²) >= 11 is 1.81. The SMILES string of the molecule is O=C(c1ccc(Oc2ccccc2)cc1)N1CCSC1c1ccccc1. The molecule has 130 valence electrons. The number of thioether (sulfide) groups is 1. The Labute approximate surface area is 157 Å². The summed E-state index contributed by atoms with van der Waals surface area (Å²) in [5.74, 6) is 2.53. The fourth-order valence-electron chi connectivity index (χ4n) is 3.03. The van der Waals surface area contributed by atoms with Crippen LogP contribution in [0.1, 0.15) is 21.3 Å². The van der Waals surface area contributed by atoms with E-state index in [0.29, 0.717) is 5.56 Å². The van der Waals surface area contributed by atoms with Crippen molar-refractivity contribution in [2.24, 2.45) is 0 Å². The molecule has 1 unspecified atom stereocenters. The maximum absolute atomic E-state index is 13.0. The zero-order chi connectivity index (χ0) is 17.8. The van der Waals surface area contributed by atoms with Gasteiger partial charge in [-0.1, -0.05) is 48.5 Å². The molecule has 0 spiro atoms. The van der Waals surface area contributed by atoms with Gasteiger partial charge >= 0.3 is 0 Å². The van der Waals surface area contributed by atoms with Crippen molar-refractivity contribution in [2.75, 3.05) is 12.3 Å². The Morgan fingerprint density at radius 1 is 0.846 bits per heavy atom. The third-order valence-corrected chi connectivity index (χ3v) is 5.58. The molecule has 1 saturated heterocycles. The zero-order valence-corrected chi connectivity index (χ0v) is 15.1. The van der Waals surface area contributed by atoms with Gasteiger partial charge in [-0.2, -0.15) is 0 Å². The Balaban J connectivity index is 1.49. The Hall–Kier alpha value is -2.72. The fraction of sp³-hybridized carbons (Fsp3) is 0.136. The molecule has 1 aliphatic rings. The molecule has 3 nitrogen and oxygen atoms in total. The molecule has 0 aromatic heterocycles. The summed E-state index contributed by atoms with van der Waals surface area (Å²) in [6.07, 6.45) is 0. The number of carbonyl (C=O) groups is 1. The van der Waals surface area contributed by atoms with E-state index in [1.165, 1.54) is 5.56 Å². The Morgan fingerprint density at radius 3 is 2.15 bits per heavy atom. The van der Waals surface area contributed by atoms with Crippen LogP contribution < -0.4 is 4.74 Å². The topological polar surface area (TPSA) is 29.5 Å². The fourth-order valence-corrected chi connectivity index (χ4v) is 4.28. The molecular formula is C22H19NO2S. The van der Waals surface area contributed by atoms with E-state index in [1.807, 2.05) is 89.5 Å². The summed E-state index contributed by atoms with van der Waals surface area (Å²) in [7, 11) is 0. The van der Waals surface area contributed by atoms with Crippen LogP contribution in [0.5, 0.6) is 11.5 Å². The molecule has 0 radical (unpaired) electrons. The van der Waals surface area contributed by atoms with Crippen LogP contribution in [-0.4, -0.2) is 23.1 Å². The number of amides is 1. The predicted octanol–water partition coefficient (Wildman–Crippen LogP) is 5.37. The van der Waals surface area contributed by atoms with Crippen LogP contribution in [0, 0.1) is 0 Å². The zero-order valence-electron chi connectivity index (χ0n) is 14.2. The first-order chi connectivity index (χ1) is 12.8. The Kier molecular flexibility index (Phi) is 4.93. The summed E-state index contributed by atoms with van der Waals surface area (Å²) < 4.78 is 5.80. The minimum absolute atomic E-state index is 0.0649. The number of para-hydroxylation sites is 1. The number of hydrogen-bond acceptors (Lipinski definition) is 3. The van der Waals surface area contributed by atoms with Crippen molar-refractivity contribution in [3.8, 4) is 11.5 Å². The van der Waals surface area contributed by atoms with Crippen molar-refractivity contribution >= 4 is 17.7 Å². The van der Waals surface area contributed by atoms with Crippen molar-refractivity contribution < 1.29 is 9.53 Å². The number of ether oxygens (including phenoxy) is 1. The second-order valence-electron chi connectivity index (χ2n) is 6.07. The lowest BCUT2D eigenvalue weighted by Gasteiger charge is -2.24. The molecule has 0 saturated carbocycles. The van der Waals surface area contributed by atoms with Crippen LogP contribution in [0.25, 0.3) is 0 Å². The van der Waals surface area contributed by atoms with E-state index in [-0.39, 0.29) is 11.3 Å². The Bertz CT molecular complexity index is 866. The molecule has 4 heteroatoms. The number of nitrogens with zero attached hydrogens (tertiary/aromatic N) is 1. The third-order valence-electron chi connectivity index (χ3n) is 4.32. The molecule has 3 aromatic carbocycles. The monoisotopic (exact) mass is 361 g/mol. The van der Waals surface area contributed by atoms with Crippen LogP contribution >= 0.6 is 11.8 Å². The van der Waals surface area contributed by atoms with Gasteiger partial charge in [0, 0.05) is 17.9 Å². The summed E-state index contributed by atoms with van der Waals surface area (Å²) in [6, 6.07) is 27.2. The minimum atomic E-state index is 0.0649. The maximum Gasteiger partial charge on any atom is 0.255 e. The molecule has 1 fully saturated rings. The lowest BCUT2D eigenvalue weighted by Crippen LogP contribution is -2.30. The number of hydrogen-bond donors (Lipinski definition) is 0. The van der Waals surface area contributed by atoms with E-state index in [2.05, 4.69) is 12.1 Å². The first kappa shape index (κ1) is 16.7. The normalized spacial score (nSPS) is 16.5. The van der Waals surface area contributed by atoms with Crippen LogP contribution in [0.15, 0.2) is 84.9 Å². The molecule has 0 bridgehead atoms. The van der Waals surface area contributed by atoms with Gasteiger partial charge in [0.05, 0.1) is 0 Å². The van der Waals surface area contributed by atoms with Crippen molar-refractivity contribution in [3.05, 3.63) is 96.1 Å². The highest BCUT2D eigenvalue weighted by Crippen LogP contribution is 2.38. The molecule has 1 atom stereocenters. The molecule has 4 rings (SSSR count). The van der Waals surface area contributed by atoms with Crippen LogP contribution in [0.2, 0.25) is 0 Å². The molecule has 0 N–H and O–H groups in total. The van der Waals surface area contributed by atoms with Crippen LogP contribution in [0.4, 0.5) is 0 Å². The smallest absolute Gasteiger partial charge is 0.255 e. The maximum atomic E-state index is 13.0. The predicted molar refractivity (Wildman–Crippen MR) is 106 cm³/mol. The van der Waals surface area contributed by atoms with Crippen molar-refractivity contribution in [2.45, 2.75) is 5.37 Å². The van der Waals surface area contributed by atoms with Gasteiger partial charge in [0.2, 0.25) is 0 Å². The Morgan fingerprint density at radius 2 is 1.46 bits per heavy atom. The number of carbonyl (C=O) groups excluding carboxylic acids is 1. The highest BCUT2D eigenvalue weighted by molar-refractivity contribution is 7.99. The second-order valence-corrected chi connectivity index (χ2v) is 7.26. The average Bonchev–Trinajstić information content (AvgIpc) is 3.19. The molecule has 1 aliphatic heterocycles. The highest BCUT2D eigenvalue weighted by Gasteiger charge is 2.31. The lowest BCUT2D eigenvalue weighted by molar-refractivity contribution is 0.0760. The van der Waals surface area contributed by atoms with Gasteiger partial charge < -0.3 is 9.64 Å². The van der Waals surface area contributed by atoms with E-state index in [4.69, 9.17) is 4.74 Å². The van der Waals surface area contributed by atoms with Crippen LogP contribution in [0.3, 0.4) is 0 Å². The molecule has 0 aliphatic carbocycles. The highest BCUT2D eigenvalue weighted by atomic mass is 32.2. The van der Waals surface area contributed by atoms with Gasteiger partial charge in [0.25, 0.3) is 5.91 Å². The van der Waals surface area contributed by atoms with E-state index < -0.39 is 0 Å². The van der Waals surface area contributed by atoms with Gasteiger partial charge in [-0.15, -0.1) is 11.8 Å². The lowest BCUT2D eigenvalue weighted by atomic mass is 10.1. The first-order valence-corrected chi connectivity index (χ1v) is 9.66. The van der Waals surface area contributed by atoms with Gasteiger partial charge in [-0.25, -0.2) is 0 Å². The molecule has 1 heterocycles. The molecule has 26 heavy (non-hydrogen) atoms. The first-order valence-electron chi connectivity index (χ1n) is 8.62. The molecular weight excluding hydrogens is 342 g/mol. The van der Waals surface area contributed by atoms with Gasteiger partial charge in [-0.3, -0.25) is 4.79 Å². The molecule has 1 amide bonds. The minimum Gasteiger partial charge on any atom is -0.457 e. The van der Waals surface area contributed by atoms with Crippen molar-refractivity contribution in [3.63, 3.8) is 0 Å². The largest absolute Gasteiger partial charge is 0.457 e. The van der Waals surface area contributed by atoms with Gasteiger partial charge in [0.1, 0.15) is 16.9 Å².